The van der Waals surface area contributed by atoms with Crippen LogP contribution in [0.3, 0.4) is 0 Å². The second-order valence-electron chi connectivity index (χ2n) is 7.08. The molecule has 5 rings (SSSR count). The molecule has 0 bridgehead atoms. The molecule has 0 radical (unpaired) electrons. The summed E-state index contributed by atoms with van der Waals surface area (Å²) in [4.78, 5) is 12.5. The number of ketones is 1. The van der Waals surface area contributed by atoms with Gasteiger partial charge in [-0.3, -0.25) is 4.79 Å². The van der Waals surface area contributed by atoms with E-state index in [1.807, 2.05) is 28.9 Å². The van der Waals surface area contributed by atoms with Crippen LogP contribution in [0, 0.1) is 5.82 Å². The minimum absolute atomic E-state index is 0.0271. The Morgan fingerprint density at radius 3 is 2.33 bits per heavy atom. The number of halogens is 2. The molecule has 2 aliphatic rings. The Balaban J connectivity index is 1.71. The summed E-state index contributed by atoms with van der Waals surface area (Å²) >= 11 is 6.06. The third kappa shape index (κ3) is 2.90. The lowest BCUT2D eigenvalue weighted by Gasteiger charge is -2.17. The molecule has 27 heavy (non-hydrogen) atoms. The number of fused-ring (bicyclic) bond motifs is 1. The molecule has 0 unspecified atom stereocenters. The van der Waals surface area contributed by atoms with Crippen LogP contribution in [0.25, 0.3) is 16.8 Å². The van der Waals surface area contributed by atoms with E-state index in [0.29, 0.717) is 23.1 Å². The van der Waals surface area contributed by atoms with Crippen molar-refractivity contribution in [3.8, 4) is 11.1 Å². The highest BCUT2D eigenvalue weighted by molar-refractivity contribution is 6.30. The van der Waals surface area contributed by atoms with Gasteiger partial charge in [0.15, 0.2) is 5.78 Å². The van der Waals surface area contributed by atoms with Crippen LogP contribution in [-0.2, 0) is 11.2 Å². The number of allylic oxidation sites excluding steroid dienone is 1. The van der Waals surface area contributed by atoms with Gasteiger partial charge in [-0.25, -0.2) is 9.07 Å². The molecular weight excluding hydrogens is 363 g/mol. The monoisotopic (exact) mass is 378 g/mol. The molecule has 3 nitrogen and oxygen atoms in total. The number of carbonyl (C=O) groups is 1. The topological polar surface area (TPSA) is 34.9 Å². The predicted octanol–water partition coefficient (Wildman–Crippen LogP) is 5.23. The first-order valence-electron chi connectivity index (χ1n) is 8.99. The zero-order chi connectivity index (χ0) is 18.5. The number of hydrogen-bond donors (Lipinski definition) is 0. The van der Waals surface area contributed by atoms with Crippen molar-refractivity contribution >= 4 is 23.1 Å². The van der Waals surface area contributed by atoms with Gasteiger partial charge in [-0.15, -0.1) is 0 Å². The Labute approximate surface area is 161 Å². The Kier molecular flexibility index (Phi) is 3.76. The Morgan fingerprint density at radius 2 is 1.67 bits per heavy atom. The molecule has 2 aromatic carbocycles. The molecule has 0 N–H and O–H groups in total. The zero-order valence-corrected chi connectivity index (χ0v) is 15.2. The summed E-state index contributed by atoms with van der Waals surface area (Å²) in [6, 6.07) is 13.9. The number of carbonyl (C=O) groups excluding carboxylic acids is 1. The Morgan fingerprint density at radius 1 is 1.00 bits per heavy atom. The van der Waals surface area contributed by atoms with E-state index in [9.17, 15) is 9.18 Å². The van der Waals surface area contributed by atoms with Crippen LogP contribution in [0.15, 0.2) is 54.6 Å². The molecule has 1 aliphatic carbocycles. The highest BCUT2D eigenvalue weighted by atomic mass is 35.5. The van der Waals surface area contributed by atoms with E-state index in [2.05, 4.69) is 0 Å². The van der Waals surface area contributed by atoms with Crippen LogP contribution in [0.1, 0.15) is 35.7 Å². The lowest BCUT2D eigenvalue weighted by atomic mass is 9.96. The number of nitrogens with zero attached hydrogens (tertiary/aromatic N) is 2. The molecule has 1 saturated carbocycles. The summed E-state index contributed by atoms with van der Waals surface area (Å²) in [5.41, 5.74) is 5.47. The minimum atomic E-state index is -0.303. The Bertz CT molecular complexity index is 1080. The van der Waals surface area contributed by atoms with Crippen molar-refractivity contribution < 1.29 is 9.18 Å². The summed E-state index contributed by atoms with van der Waals surface area (Å²) in [5, 5.41) is 5.57. The van der Waals surface area contributed by atoms with Crippen LogP contribution < -0.4 is 0 Å². The van der Waals surface area contributed by atoms with Gasteiger partial charge in [-0.2, -0.15) is 5.10 Å². The molecule has 0 spiro atoms. The average Bonchev–Trinajstić information content (AvgIpc) is 3.44. The molecular formula is C22H16ClFN2O. The van der Waals surface area contributed by atoms with E-state index < -0.39 is 0 Å². The normalized spacial score (nSPS) is 16.2. The molecule has 1 aromatic heterocycles. The summed E-state index contributed by atoms with van der Waals surface area (Å²) in [5.74, 6) is 0.153. The quantitative estimate of drug-likeness (QED) is 0.625. The number of rotatable bonds is 3. The van der Waals surface area contributed by atoms with Crippen molar-refractivity contribution in [1.29, 1.82) is 0 Å². The second kappa shape index (κ2) is 6.17. The first-order valence-corrected chi connectivity index (χ1v) is 9.36. The van der Waals surface area contributed by atoms with E-state index in [4.69, 9.17) is 16.7 Å². The fraction of sp³-hybridized carbons (Fsp3) is 0.182. The van der Waals surface area contributed by atoms with Gasteiger partial charge in [-0.05, 0) is 54.8 Å². The van der Waals surface area contributed by atoms with Crippen LogP contribution in [0.5, 0.6) is 0 Å². The van der Waals surface area contributed by atoms with Gasteiger partial charge in [0, 0.05) is 28.1 Å². The van der Waals surface area contributed by atoms with Crippen molar-refractivity contribution in [2.45, 2.75) is 25.2 Å². The summed E-state index contributed by atoms with van der Waals surface area (Å²) < 4.78 is 15.2. The minimum Gasteiger partial charge on any atom is -0.294 e. The van der Waals surface area contributed by atoms with Crippen LogP contribution in [-0.4, -0.2) is 15.6 Å². The van der Waals surface area contributed by atoms with Gasteiger partial charge < -0.3 is 0 Å². The maximum atomic E-state index is 13.3. The Hall–Kier alpha value is -2.72. The third-order valence-electron chi connectivity index (χ3n) is 5.11. The van der Waals surface area contributed by atoms with Gasteiger partial charge in [0.25, 0.3) is 0 Å². The summed E-state index contributed by atoms with van der Waals surface area (Å²) in [7, 11) is 0. The van der Waals surface area contributed by atoms with Crippen LogP contribution >= 0.6 is 11.6 Å². The molecule has 0 saturated heterocycles. The summed E-state index contributed by atoms with van der Waals surface area (Å²) in [6.07, 6.45) is 4.14. The SMILES string of the molecule is O=C1C=C(c2ccc(F)cc2)n2nc(C3CC3)c(-c3ccc(Cl)cc3)c2C1. The average molecular weight is 379 g/mol. The maximum absolute atomic E-state index is 13.3. The molecule has 0 amide bonds. The van der Waals surface area contributed by atoms with E-state index >= 15 is 0 Å². The van der Waals surface area contributed by atoms with Crippen molar-refractivity contribution in [1.82, 2.24) is 9.78 Å². The van der Waals surface area contributed by atoms with Crippen molar-refractivity contribution in [2.24, 2.45) is 0 Å². The zero-order valence-electron chi connectivity index (χ0n) is 14.5. The van der Waals surface area contributed by atoms with Crippen molar-refractivity contribution in [2.75, 3.05) is 0 Å². The van der Waals surface area contributed by atoms with Crippen LogP contribution in [0.2, 0.25) is 5.02 Å². The van der Waals surface area contributed by atoms with Gasteiger partial charge in [0.1, 0.15) is 5.82 Å². The van der Waals surface area contributed by atoms with Crippen molar-refractivity contribution in [3.05, 3.63) is 82.4 Å². The highest BCUT2D eigenvalue weighted by Gasteiger charge is 2.34. The molecule has 1 aliphatic heterocycles. The fourth-order valence-electron chi connectivity index (χ4n) is 3.66. The van der Waals surface area contributed by atoms with E-state index in [-0.39, 0.29) is 11.6 Å². The maximum Gasteiger partial charge on any atom is 0.163 e. The molecule has 1 fully saturated rings. The van der Waals surface area contributed by atoms with Crippen LogP contribution in [0.4, 0.5) is 4.39 Å². The van der Waals surface area contributed by atoms with E-state index in [0.717, 1.165) is 40.9 Å². The molecule has 2 heterocycles. The van der Waals surface area contributed by atoms with Gasteiger partial charge in [-0.1, -0.05) is 23.7 Å². The van der Waals surface area contributed by atoms with E-state index in [1.165, 1.54) is 12.1 Å². The largest absolute Gasteiger partial charge is 0.294 e. The van der Waals surface area contributed by atoms with E-state index in [1.54, 1.807) is 18.2 Å². The first-order chi connectivity index (χ1) is 13.1. The molecule has 5 heteroatoms. The molecule has 0 atom stereocenters. The third-order valence-corrected chi connectivity index (χ3v) is 5.36. The number of hydrogen-bond acceptors (Lipinski definition) is 2. The lowest BCUT2D eigenvalue weighted by molar-refractivity contribution is -0.114. The van der Waals surface area contributed by atoms with Gasteiger partial charge >= 0.3 is 0 Å². The standard InChI is InChI=1S/C22H16ClFN2O/c23-16-7-3-14(4-8-16)21-20-12-18(27)11-19(13-5-9-17(24)10-6-13)26(20)25-22(21)15-1-2-15/h3-11,15H,1-2,12H2. The predicted molar refractivity (Wildman–Crippen MR) is 103 cm³/mol. The number of aromatic nitrogens is 2. The summed E-state index contributed by atoms with van der Waals surface area (Å²) in [6.45, 7) is 0. The molecule has 134 valence electrons. The van der Waals surface area contributed by atoms with Crippen molar-refractivity contribution in [3.63, 3.8) is 0 Å². The molecule has 3 aromatic rings. The second-order valence-corrected chi connectivity index (χ2v) is 7.52. The first kappa shape index (κ1) is 16.5. The highest BCUT2D eigenvalue weighted by Crippen LogP contribution is 2.46. The lowest BCUT2D eigenvalue weighted by Crippen LogP contribution is -2.16. The fourth-order valence-corrected chi connectivity index (χ4v) is 3.79. The number of benzene rings is 2. The van der Waals surface area contributed by atoms with Gasteiger partial charge in [0.2, 0.25) is 0 Å². The van der Waals surface area contributed by atoms with Gasteiger partial charge in [0.05, 0.1) is 23.5 Å². The smallest absolute Gasteiger partial charge is 0.163 e.